The molecule has 0 saturated carbocycles. The van der Waals surface area contributed by atoms with Crippen LogP contribution in [0.2, 0.25) is 0 Å². The first-order valence-corrected chi connectivity index (χ1v) is 8.21. The fraction of sp³-hybridized carbons (Fsp3) is 0.167. The van der Waals surface area contributed by atoms with E-state index < -0.39 is 0 Å². The summed E-state index contributed by atoms with van der Waals surface area (Å²) >= 11 is 1.10. The van der Waals surface area contributed by atoms with Crippen molar-refractivity contribution in [2.45, 2.75) is 18.9 Å². The van der Waals surface area contributed by atoms with Gasteiger partial charge < -0.3 is 5.32 Å². The Morgan fingerprint density at radius 3 is 2.04 bits per heavy atom. The molecule has 5 heteroatoms. The molecule has 0 fully saturated rings. The molecule has 0 aliphatic rings. The van der Waals surface area contributed by atoms with Gasteiger partial charge in [-0.3, -0.25) is 4.79 Å². The minimum atomic E-state index is -0.135. The van der Waals surface area contributed by atoms with Crippen molar-refractivity contribution in [3.05, 3.63) is 82.9 Å². The van der Waals surface area contributed by atoms with Crippen molar-refractivity contribution < 1.29 is 4.79 Å². The Morgan fingerprint density at radius 1 is 1.00 bits per heavy atom. The highest BCUT2D eigenvalue weighted by atomic mass is 32.1. The van der Waals surface area contributed by atoms with E-state index in [4.69, 9.17) is 0 Å². The Balaban J connectivity index is 1.88. The number of carbonyl (C=O) groups is 1. The SMILES string of the molecule is C[C@@H](NC(=O)c1cnns1)C(c1ccccc1)c1ccccc1. The van der Waals surface area contributed by atoms with Crippen LogP contribution in [-0.4, -0.2) is 21.5 Å². The lowest BCUT2D eigenvalue weighted by molar-refractivity contribution is 0.0941. The summed E-state index contributed by atoms with van der Waals surface area (Å²) in [5.41, 5.74) is 2.35. The summed E-state index contributed by atoms with van der Waals surface area (Å²) in [6.45, 7) is 2.02. The van der Waals surface area contributed by atoms with Crippen molar-refractivity contribution >= 4 is 17.4 Å². The molecule has 0 aliphatic heterocycles. The van der Waals surface area contributed by atoms with Crippen LogP contribution < -0.4 is 5.32 Å². The first kappa shape index (κ1) is 15.4. The average Bonchev–Trinajstić information content (AvgIpc) is 3.12. The molecule has 0 spiro atoms. The van der Waals surface area contributed by atoms with Gasteiger partial charge in [-0.25, -0.2) is 0 Å². The van der Waals surface area contributed by atoms with Gasteiger partial charge in [0.2, 0.25) is 0 Å². The number of hydrogen-bond donors (Lipinski definition) is 1. The standard InChI is InChI=1S/C18H17N3OS/c1-13(20-18(22)16-12-19-21-23-16)17(14-8-4-2-5-9-14)15-10-6-3-7-11-15/h2-13,17H,1H3,(H,20,22)/t13-/m1/s1. The molecule has 2 aromatic carbocycles. The maximum absolute atomic E-state index is 12.3. The van der Waals surface area contributed by atoms with E-state index in [9.17, 15) is 4.79 Å². The van der Waals surface area contributed by atoms with Crippen LogP contribution in [0.4, 0.5) is 0 Å². The van der Waals surface area contributed by atoms with Crippen molar-refractivity contribution in [3.8, 4) is 0 Å². The number of aromatic nitrogens is 2. The number of amides is 1. The van der Waals surface area contributed by atoms with E-state index in [0.29, 0.717) is 4.88 Å². The lowest BCUT2D eigenvalue weighted by Gasteiger charge is -2.26. The third-order valence-corrected chi connectivity index (χ3v) is 4.42. The zero-order valence-corrected chi connectivity index (χ0v) is 13.5. The smallest absolute Gasteiger partial charge is 0.264 e. The summed E-state index contributed by atoms with van der Waals surface area (Å²) in [6, 6.07) is 20.4. The van der Waals surface area contributed by atoms with E-state index in [0.717, 1.165) is 11.5 Å². The van der Waals surface area contributed by atoms with Crippen LogP contribution in [-0.2, 0) is 0 Å². The Labute approximate surface area is 139 Å². The average molecular weight is 323 g/mol. The predicted molar refractivity (Wildman–Crippen MR) is 91.6 cm³/mol. The van der Waals surface area contributed by atoms with Crippen LogP contribution >= 0.6 is 11.5 Å². The number of nitrogens with zero attached hydrogens (tertiary/aromatic N) is 2. The highest BCUT2D eigenvalue weighted by Gasteiger charge is 2.23. The number of benzene rings is 2. The van der Waals surface area contributed by atoms with E-state index in [2.05, 4.69) is 39.2 Å². The monoisotopic (exact) mass is 323 g/mol. The molecular formula is C18H17N3OS. The molecule has 23 heavy (non-hydrogen) atoms. The van der Waals surface area contributed by atoms with Crippen molar-refractivity contribution in [1.82, 2.24) is 14.9 Å². The fourth-order valence-electron chi connectivity index (χ4n) is 2.72. The largest absolute Gasteiger partial charge is 0.348 e. The molecule has 4 nitrogen and oxygen atoms in total. The van der Waals surface area contributed by atoms with Crippen molar-refractivity contribution in [2.24, 2.45) is 0 Å². The summed E-state index contributed by atoms with van der Waals surface area (Å²) in [5, 5.41) is 6.79. The quantitative estimate of drug-likeness (QED) is 0.782. The van der Waals surface area contributed by atoms with Gasteiger partial charge in [-0.05, 0) is 29.6 Å². The van der Waals surface area contributed by atoms with Gasteiger partial charge in [0, 0.05) is 12.0 Å². The number of hydrogen-bond acceptors (Lipinski definition) is 4. The molecule has 1 amide bonds. The predicted octanol–water partition coefficient (Wildman–Crippen LogP) is 3.49. The van der Waals surface area contributed by atoms with Crippen molar-refractivity contribution in [1.29, 1.82) is 0 Å². The zero-order valence-electron chi connectivity index (χ0n) is 12.7. The Morgan fingerprint density at radius 2 is 1.57 bits per heavy atom. The molecule has 0 radical (unpaired) electrons. The summed E-state index contributed by atoms with van der Waals surface area (Å²) in [5.74, 6) is -0.0495. The number of rotatable bonds is 5. The Hall–Kier alpha value is -2.53. The second kappa shape index (κ2) is 7.15. The first-order chi connectivity index (χ1) is 11.3. The van der Waals surface area contributed by atoms with Gasteiger partial charge in [-0.2, -0.15) is 0 Å². The van der Waals surface area contributed by atoms with Gasteiger partial charge in [-0.1, -0.05) is 65.2 Å². The molecular weight excluding hydrogens is 306 g/mol. The molecule has 3 aromatic rings. The normalized spacial score (nSPS) is 12.1. The Kier molecular flexibility index (Phi) is 4.78. The van der Waals surface area contributed by atoms with Gasteiger partial charge in [0.05, 0.1) is 6.20 Å². The molecule has 0 saturated heterocycles. The maximum Gasteiger partial charge on any atom is 0.264 e. The molecule has 0 bridgehead atoms. The van der Waals surface area contributed by atoms with Gasteiger partial charge in [0.15, 0.2) is 0 Å². The number of nitrogens with one attached hydrogen (secondary N) is 1. The lowest BCUT2D eigenvalue weighted by atomic mass is 9.86. The van der Waals surface area contributed by atoms with Gasteiger partial charge in [-0.15, -0.1) is 5.10 Å². The maximum atomic E-state index is 12.3. The summed E-state index contributed by atoms with van der Waals surface area (Å²) in [7, 11) is 0. The Bertz CT molecular complexity index is 705. The molecule has 3 rings (SSSR count). The lowest BCUT2D eigenvalue weighted by Crippen LogP contribution is -2.37. The van der Waals surface area contributed by atoms with E-state index in [1.807, 2.05) is 43.3 Å². The molecule has 116 valence electrons. The summed E-state index contributed by atoms with van der Waals surface area (Å²) < 4.78 is 3.74. The molecule has 1 atom stereocenters. The first-order valence-electron chi connectivity index (χ1n) is 7.44. The molecule has 1 aromatic heterocycles. The van der Waals surface area contributed by atoms with Crippen LogP contribution in [0.3, 0.4) is 0 Å². The molecule has 1 heterocycles. The molecule has 1 N–H and O–H groups in total. The second-order valence-electron chi connectivity index (χ2n) is 5.34. The summed E-state index contributed by atoms with van der Waals surface area (Å²) in [4.78, 5) is 12.8. The second-order valence-corrected chi connectivity index (χ2v) is 6.13. The fourth-order valence-corrected chi connectivity index (χ4v) is 3.14. The van der Waals surface area contributed by atoms with Crippen molar-refractivity contribution in [2.75, 3.05) is 0 Å². The van der Waals surface area contributed by atoms with Gasteiger partial charge >= 0.3 is 0 Å². The van der Waals surface area contributed by atoms with Crippen molar-refractivity contribution in [3.63, 3.8) is 0 Å². The van der Waals surface area contributed by atoms with E-state index in [1.54, 1.807) is 0 Å². The van der Waals surface area contributed by atoms with Crippen LogP contribution in [0.25, 0.3) is 0 Å². The van der Waals surface area contributed by atoms with Gasteiger partial charge in [0.1, 0.15) is 4.88 Å². The van der Waals surface area contributed by atoms with E-state index >= 15 is 0 Å². The zero-order chi connectivity index (χ0) is 16.1. The van der Waals surface area contributed by atoms with Crippen LogP contribution in [0, 0.1) is 0 Å². The minimum absolute atomic E-state index is 0.0607. The topological polar surface area (TPSA) is 54.9 Å². The number of carbonyl (C=O) groups excluding carboxylic acids is 1. The van der Waals surface area contributed by atoms with Crippen LogP contribution in [0.5, 0.6) is 0 Å². The highest BCUT2D eigenvalue weighted by molar-refractivity contribution is 7.07. The molecule has 0 unspecified atom stereocenters. The third-order valence-electron chi connectivity index (χ3n) is 3.76. The minimum Gasteiger partial charge on any atom is -0.348 e. The van der Waals surface area contributed by atoms with E-state index in [-0.39, 0.29) is 17.9 Å². The summed E-state index contributed by atoms with van der Waals surface area (Å²) in [6.07, 6.45) is 1.49. The van der Waals surface area contributed by atoms with E-state index in [1.165, 1.54) is 17.3 Å². The molecule has 0 aliphatic carbocycles. The van der Waals surface area contributed by atoms with Gasteiger partial charge in [0.25, 0.3) is 5.91 Å². The van der Waals surface area contributed by atoms with Crippen LogP contribution in [0.15, 0.2) is 66.9 Å². The van der Waals surface area contributed by atoms with Crippen LogP contribution in [0.1, 0.15) is 33.6 Å². The third kappa shape index (κ3) is 3.63. The highest BCUT2D eigenvalue weighted by Crippen LogP contribution is 2.28.